The number of amides is 4. The molecule has 0 unspecified atom stereocenters. The molecule has 2 heterocycles. The summed E-state index contributed by atoms with van der Waals surface area (Å²) in [6.07, 6.45) is 0.185. The van der Waals surface area contributed by atoms with Crippen LogP contribution < -0.4 is 20.3 Å². The van der Waals surface area contributed by atoms with Gasteiger partial charge in [0.05, 0.1) is 7.11 Å². The molecule has 1 aromatic rings. The van der Waals surface area contributed by atoms with Gasteiger partial charge in [-0.05, 0) is 13.3 Å². The summed E-state index contributed by atoms with van der Waals surface area (Å²) in [6.45, 7) is 5.01. The quantitative estimate of drug-likeness (QED) is 0.713. The van der Waals surface area contributed by atoms with Gasteiger partial charge in [-0.25, -0.2) is 9.18 Å². The summed E-state index contributed by atoms with van der Waals surface area (Å²) in [4.78, 5) is 39.7. The minimum absolute atomic E-state index is 0.123. The van der Waals surface area contributed by atoms with Gasteiger partial charge in [0, 0.05) is 49.9 Å². The van der Waals surface area contributed by atoms with Crippen LogP contribution in [0.2, 0.25) is 0 Å². The van der Waals surface area contributed by atoms with Crippen LogP contribution in [0.25, 0.3) is 0 Å². The molecule has 0 bridgehead atoms. The highest BCUT2D eigenvalue weighted by molar-refractivity contribution is 6.07. The van der Waals surface area contributed by atoms with Gasteiger partial charge in [-0.1, -0.05) is 6.92 Å². The van der Waals surface area contributed by atoms with Gasteiger partial charge >= 0.3 is 6.03 Å². The van der Waals surface area contributed by atoms with Gasteiger partial charge in [-0.15, -0.1) is 0 Å². The summed E-state index contributed by atoms with van der Waals surface area (Å²) in [5.74, 6) is -3.23. The molecule has 10 heteroatoms. The maximum absolute atomic E-state index is 13.8. The van der Waals surface area contributed by atoms with Gasteiger partial charge in [0.15, 0.2) is 11.6 Å². The van der Waals surface area contributed by atoms with Crippen LogP contribution in [0.1, 0.15) is 20.3 Å². The SMILES string of the molecule is COc1cc(N2CCN(C(=O)[C@@H](C)C[C@@]3(C)NC(=O)NC3=O)CC2)cc(F)c1F. The molecule has 0 aromatic heterocycles. The number of nitrogens with zero attached hydrogens (tertiary/aromatic N) is 2. The number of methoxy groups -OCH3 is 1. The first-order valence-electron chi connectivity index (χ1n) is 9.35. The predicted molar refractivity (Wildman–Crippen MR) is 101 cm³/mol. The molecule has 2 aliphatic rings. The highest BCUT2D eigenvalue weighted by Crippen LogP contribution is 2.28. The Morgan fingerprint density at radius 2 is 1.90 bits per heavy atom. The number of nitrogens with one attached hydrogen (secondary N) is 2. The van der Waals surface area contributed by atoms with E-state index in [9.17, 15) is 23.2 Å². The fraction of sp³-hybridized carbons (Fsp3) is 0.526. The lowest BCUT2D eigenvalue weighted by atomic mass is 9.89. The number of hydrogen-bond donors (Lipinski definition) is 2. The zero-order valence-corrected chi connectivity index (χ0v) is 16.6. The lowest BCUT2D eigenvalue weighted by molar-refractivity contribution is -0.136. The van der Waals surface area contributed by atoms with Crippen molar-refractivity contribution in [1.29, 1.82) is 0 Å². The molecule has 0 spiro atoms. The fourth-order valence-corrected chi connectivity index (χ4v) is 3.80. The van der Waals surface area contributed by atoms with E-state index in [1.165, 1.54) is 13.2 Å². The molecule has 0 saturated carbocycles. The molecule has 2 fully saturated rings. The first-order valence-corrected chi connectivity index (χ1v) is 9.35. The van der Waals surface area contributed by atoms with E-state index < -0.39 is 35.0 Å². The third-order valence-corrected chi connectivity index (χ3v) is 5.41. The maximum atomic E-state index is 13.8. The van der Waals surface area contributed by atoms with Crippen molar-refractivity contribution >= 4 is 23.5 Å². The van der Waals surface area contributed by atoms with Crippen LogP contribution in [0.4, 0.5) is 19.3 Å². The van der Waals surface area contributed by atoms with Crippen molar-refractivity contribution in [3.05, 3.63) is 23.8 Å². The molecule has 2 N–H and O–H groups in total. The maximum Gasteiger partial charge on any atom is 0.322 e. The van der Waals surface area contributed by atoms with Crippen LogP contribution in [-0.4, -0.2) is 61.6 Å². The molecule has 4 amide bonds. The van der Waals surface area contributed by atoms with Crippen LogP contribution in [0, 0.1) is 17.6 Å². The van der Waals surface area contributed by atoms with E-state index in [0.29, 0.717) is 31.9 Å². The lowest BCUT2D eigenvalue weighted by Crippen LogP contribution is -2.52. The number of ether oxygens (including phenoxy) is 1. The third-order valence-electron chi connectivity index (χ3n) is 5.41. The summed E-state index contributed by atoms with van der Waals surface area (Å²) in [6, 6.07) is 1.98. The van der Waals surface area contributed by atoms with Crippen LogP contribution >= 0.6 is 0 Å². The average molecular weight is 410 g/mol. The van der Waals surface area contributed by atoms with Crippen molar-refractivity contribution < 1.29 is 27.9 Å². The lowest BCUT2D eigenvalue weighted by Gasteiger charge is -2.38. The Morgan fingerprint density at radius 3 is 2.45 bits per heavy atom. The van der Waals surface area contributed by atoms with Crippen LogP contribution in [0.5, 0.6) is 5.75 Å². The van der Waals surface area contributed by atoms with Crippen molar-refractivity contribution in [2.45, 2.75) is 25.8 Å². The van der Waals surface area contributed by atoms with E-state index in [2.05, 4.69) is 10.6 Å². The highest BCUT2D eigenvalue weighted by Gasteiger charge is 2.44. The van der Waals surface area contributed by atoms with E-state index >= 15 is 0 Å². The highest BCUT2D eigenvalue weighted by atomic mass is 19.2. The summed E-state index contributed by atoms with van der Waals surface area (Å²) < 4.78 is 32.3. The second-order valence-corrected chi connectivity index (χ2v) is 7.60. The minimum Gasteiger partial charge on any atom is -0.493 e. The van der Waals surface area contributed by atoms with Gasteiger partial charge in [-0.3, -0.25) is 14.9 Å². The number of carbonyl (C=O) groups excluding carboxylic acids is 3. The predicted octanol–water partition coefficient (Wildman–Crippen LogP) is 1.25. The standard InChI is InChI=1S/C19H24F2N4O4/c1-11(10-19(2)17(27)22-18(28)23-19)16(26)25-6-4-24(5-7-25)12-8-13(20)15(21)14(9-12)29-3/h8-9,11H,4-7,10H2,1-3H3,(H2,22,23,27,28)/t11-,19+/m0/s1. The monoisotopic (exact) mass is 410 g/mol. The van der Waals surface area contributed by atoms with Crippen molar-refractivity contribution in [2.24, 2.45) is 5.92 Å². The third kappa shape index (κ3) is 4.10. The summed E-state index contributed by atoms with van der Waals surface area (Å²) in [5, 5.41) is 4.75. The zero-order chi connectivity index (χ0) is 21.3. The molecule has 29 heavy (non-hydrogen) atoms. The molecule has 8 nitrogen and oxygen atoms in total. The number of imide groups is 1. The van der Waals surface area contributed by atoms with E-state index in [4.69, 9.17) is 4.74 Å². The average Bonchev–Trinajstić information content (AvgIpc) is 2.94. The molecule has 2 atom stereocenters. The summed E-state index contributed by atoms with van der Waals surface area (Å²) in [5.41, 5.74) is -0.630. The van der Waals surface area contributed by atoms with Crippen LogP contribution in [-0.2, 0) is 9.59 Å². The Kier molecular flexibility index (Phi) is 5.63. The smallest absolute Gasteiger partial charge is 0.322 e. The van der Waals surface area contributed by atoms with Crippen LogP contribution in [0.15, 0.2) is 12.1 Å². The van der Waals surface area contributed by atoms with Gasteiger partial charge in [-0.2, -0.15) is 4.39 Å². The molecule has 0 radical (unpaired) electrons. The molecular formula is C19H24F2N4O4. The Hall–Kier alpha value is -2.91. The first-order chi connectivity index (χ1) is 13.6. The number of rotatable bonds is 5. The van der Waals surface area contributed by atoms with Crippen LogP contribution in [0.3, 0.4) is 0 Å². The second-order valence-electron chi connectivity index (χ2n) is 7.60. The number of benzene rings is 1. The van der Waals surface area contributed by atoms with E-state index in [1.54, 1.807) is 18.7 Å². The molecule has 158 valence electrons. The number of carbonyl (C=O) groups is 3. The first kappa shape index (κ1) is 20.8. The van der Waals surface area contributed by atoms with Crippen molar-refractivity contribution in [2.75, 3.05) is 38.2 Å². The van der Waals surface area contributed by atoms with Gasteiger partial charge in [0.2, 0.25) is 11.7 Å². The number of piperazine rings is 1. The largest absolute Gasteiger partial charge is 0.493 e. The van der Waals surface area contributed by atoms with Crippen molar-refractivity contribution in [1.82, 2.24) is 15.5 Å². The van der Waals surface area contributed by atoms with E-state index in [-0.39, 0.29) is 18.1 Å². The number of urea groups is 1. The normalized spacial score (nSPS) is 22.9. The summed E-state index contributed by atoms with van der Waals surface area (Å²) >= 11 is 0. The van der Waals surface area contributed by atoms with Crippen molar-refractivity contribution in [3.63, 3.8) is 0 Å². The minimum atomic E-state index is -1.11. The Morgan fingerprint density at radius 1 is 1.24 bits per heavy atom. The van der Waals surface area contributed by atoms with Crippen molar-refractivity contribution in [3.8, 4) is 5.75 Å². The molecule has 2 aliphatic heterocycles. The Bertz CT molecular complexity index is 842. The zero-order valence-electron chi connectivity index (χ0n) is 16.6. The van der Waals surface area contributed by atoms with Gasteiger partial charge in [0.25, 0.3) is 5.91 Å². The molecular weight excluding hydrogens is 386 g/mol. The Labute approximate surface area is 167 Å². The molecule has 2 saturated heterocycles. The Balaban J connectivity index is 1.60. The van der Waals surface area contributed by atoms with Gasteiger partial charge in [0.1, 0.15) is 5.54 Å². The number of anilines is 1. The van der Waals surface area contributed by atoms with Gasteiger partial charge < -0.3 is 19.9 Å². The second kappa shape index (κ2) is 7.84. The topological polar surface area (TPSA) is 91.0 Å². The van der Waals surface area contributed by atoms with E-state index in [1.807, 2.05) is 4.90 Å². The van der Waals surface area contributed by atoms with E-state index in [0.717, 1.165) is 6.07 Å². The summed E-state index contributed by atoms with van der Waals surface area (Å²) in [7, 11) is 1.27. The number of halogens is 2. The molecule has 3 rings (SSSR count). The number of hydrogen-bond acceptors (Lipinski definition) is 5. The molecule has 1 aromatic carbocycles. The molecule has 0 aliphatic carbocycles. The fourth-order valence-electron chi connectivity index (χ4n) is 3.80.